The third-order valence-corrected chi connectivity index (χ3v) is 4.04. The standard InChI is InChI=1S/C16H17FN2O2/c17-14-9-5-4-8-12(14)15-13(16(20)21)10-19(18-15)11-6-2-1-3-7-11/h4-5,8-11H,1-3,6-7H2,(H,20,21). The zero-order chi connectivity index (χ0) is 14.8. The maximum atomic E-state index is 13.9. The van der Waals surface area contributed by atoms with Crippen LogP contribution in [0.1, 0.15) is 48.5 Å². The molecule has 0 spiro atoms. The van der Waals surface area contributed by atoms with Crippen molar-refractivity contribution in [2.75, 3.05) is 0 Å². The molecule has 1 aliphatic carbocycles. The van der Waals surface area contributed by atoms with Gasteiger partial charge in [-0.25, -0.2) is 9.18 Å². The van der Waals surface area contributed by atoms with Gasteiger partial charge < -0.3 is 5.11 Å². The van der Waals surface area contributed by atoms with Crippen LogP contribution in [0.15, 0.2) is 30.5 Å². The highest BCUT2D eigenvalue weighted by molar-refractivity contribution is 5.94. The van der Waals surface area contributed by atoms with Crippen LogP contribution in [0.2, 0.25) is 0 Å². The third kappa shape index (κ3) is 2.68. The van der Waals surface area contributed by atoms with Crippen molar-refractivity contribution in [3.63, 3.8) is 0 Å². The van der Waals surface area contributed by atoms with Gasteiger partial charge in [0.15, 0.2) is 0 Å². The first-order chi connectivity index (χ1) is 10.2. The van der Waals surface area contributed by atoms with Crippen LogP contribution in [-0.2, 0) is 0 Å². The summed E-state index contributed by atoms with van der Waals surface area (Å²) in [7, 11) is 0. The summed E-state index contributed by atoms with van der Waals surface area (Å²) in [6.07, 6.45) is 7.00. The minimum atomic E-state index is -1.07. The second-order valence-electron chi connectivity index (χ2n) is 5.45. The molecule has 0 atom stereocenters. The number of aromatic carboxylic acids is 1. The number of benzene rings is 1. The number of aromatic nitrogens is 2. The van der Waals surface area contributed by atoms with Crippen molar-refractivity contribution in [1.29, 1.82) is 0 Å². The zero-order valence-corrected chi connectivity index (χ0v) is 11.6. The number of carboxylic acids is 1. The van der Waals surface area contributed by atoms with Crippen molar-refractivity contribution < 1.29 is 14.3 Å². The van der Waals surface area contributed by atoms with E-state index in [0.29, 0.717) is 0 Å². The lowest BCUT2D eigenvalue weighted by atomic mass is 9.96. The van der Waals surface area contributed by atoms with E-state index in [4.69, 9.17) is 0 Å². The Morgan fingerprint density at radius 1 is 1.24 bits per heavy atom. The first-order valence-corrected chi connectivity index (χ1v) is 7.24. The van der Waals surface area contributed by atoms with E-state index in [-0.39, 0.29) is 22.9 Å². The normalized spacial score (nSPS) is 16.0. The van der Waals surface area contributed by atoms with E-state index in [9.17, 15) is 14.3 Å². The predicted molar refractivity (Wildman–Crippen MR) is 76.7 cm³/mol. The van der Waals surface area contributed by atoms with E-state index in [1.165, 1.54) is 12.5 Å². The number of rotatable bonds is 3. The monoisotopic (exact) mass is 288 g/mol. The van der Waals surface area contributed by atoms with Crippen LogP contribution >= 0.6 is 0 Å². The first kappa shape index (κ1) is 13.8. The first-order valence-electron chi connectivity index (χ1n) is 7.24. The smallest absolute Gasteiger partial charge is 0.339 e. The molecular formula is C16H17FN2O2. The van der Waals surface area contributed by atoms with Crippen molar-refractivity contribution in [2.24, 2.45) is 0 Å². The maximum Gasteiger partial charge on any atom is 0.339 e. The second kappa shape index (κ2) is 5.68. The molecule has 1 aliphatic rings. The minimum absolute atomic E-state index is 0.0608. The molecule has 21 heavy (non-hydrogen) atoms. The molecule has 0 bridgehead atoms. The Balaban J connectivity index is 2.05. The highest BCUT2D eigenvalue weighted by Gasteiger charge is 2.23. The van der Waals surface area contributed by atoms with Gasteiger partial charge in [0.2, 0.25) is 0 Å². The fourth-order valence-corrected chi connectivity index (χ4v) is 2.93. The van der Waals surface area contributed by atoms with Gasteiger partial charge in [0.25, 0.3) is 0 Å². The van der Waals surface area contributed by atoms with E-state index in [1.807, 2.05) is 0 Å². The number of carboxylic acid groups (broad SMARTS) is 1. The maximum absolute atomic E-state index is 13.9. The van der Waals surface area contributed by atoms with E-state index >= 15 is 0 Å². The Kier molecular flexibility index (Phi) is 3.73. The molecule has 3 rings (SSSR count). The molecule has 0 unspecified atom stereocenters. The Labute approximate surface area is 122 Å². The van der Waals surface area contributed by atoms with Crippen LogP contribution in [-0.4, -0.2) is 20.9 Å². The summed E-state index contributed by atoms with van der Waals surface area (Å²) in [5, 5.41) is 13.7. The summed E-state index contributed by atoms with van der Waals surface area (Å²) in [5.41, 5.74) is 0.515. The Morgan fingerprint density at radius 3 is 2.62 bits per heavy atom. The molecule has 0 saturated heterocycles. The molecule has 0 amide bonds. The number of halogens is 1. The Hall–Kier alpha value is -2.17. The third-order valence-electron chi connectivity index (χ3n) is 4.04. The van der Waals surface area contributed by atoms with Gasteiger partial charge in [-0.15, -0.1) is 0 Å². The van der Waals surface area contributed by atoms with Crippen LogP contribution in [0.4, 0.5) is 4.39 Å². The van der Waals surface area contributed by atoms with Gasteiger partial charge in [-0.1, -0.05) is 31.4 Å². The van der Waals surface area contributed by atoms with Crippen LogP contribution in [0, 0.1) is 5.82 Å². The number of hydrogen-bond acceptors (Lipinski definition) is 2. The quantitative estimate of drug-likeness (QED) is 0.932. The molecule has 1 saturated carbocycles. The molecule has 4 nitrogen and oxygen atoms in total. The summed E-state index contributed by atoms with van der Waals surface area (Å²) in [4.78, 5) is 11.4. The molecule has 1 N–H and O–H groups in total. The molecule has 2 aromatic rings. The van der Waals surface area contributed by atoms with Gasteiger partial charge in [-0.05, 0) is 25.0 Å². The molecule has 0 aliphatic heterocycles. The topological polar surface area (TPSA) is 55.1 Å². The average Bonchev–Trinajstić information content (AvgIpc) is 2.94. The Morgan fingerprint density at radius 2 is 1.95 bits per heavy atom. The van der Waals surface area contributed by atoms with Gasteiger partial charge in [-0.3, -0.25) is 4.68 Å². The van der Waals surface area contributed by atoms with Gasteiger partial charge in [0, 0.05) is 11.8 Å². The molecule has 5 heteroatoms. The van der Waals surface area contributed by atoms with E-state index in [1.54, 1.807) is 29.1 Å². The fourth-order valence-electron chi connectivity index (χ4n) is 2.93. The molecule has 1 fully saturated rings. The molecule has 1 aromatic heterocycles. The lowest BCUT2D eigenvalue weighted by molar-refractivity contribution is 0.0697. The number of carbonyl (C=O) groups is 1. The van der Waals surface area contributed by atoms with E-state index < -0.39 is 11.8 Å². The van der Waals surface area contributed by atoms with Crippen LogP contribution < -0.4 is 0 Å². The largest absolute Gasteiger partial charge is 0.478 e. The molecular weight excluding hydrogens is 271 g/mol. The lowest BCUT2D eigenvalue weighted by Crippen LogP contribution is -2.13. The summed E-state index contributed by atoms with van der Waals surface area (Å²) in [5.74, 6) is -1.52. The highest BCUT2D eigenvalue weighted by Crippen LogP contribution is 2.31. The average molecular weight is 288 g/mol. The van der Waals surface area contributed by atoms with Crippen LogP contribution in [0.25, 0.3) is 11.3 Å². The fraction of sp³-hybridized carbons (Fsp3) is 0.375. The van der Waals surface area contributed by atoms with Crippen molar-refractivity contribution in [3.8, 4) is 11.3 Å². The van der Waals surface area contributed by atoms with Crippen molar-refractivity contribution in [2.45, 2.75) is 38.1 Å². The summed E-state index contributed by atoms with van der Waals surface area (Å²) >= 11 is 0. The summed E-state index contributed by atoms with van der Waals surface area (Å²) < 4.78 is 15.6. The summed E-state index contributed by atoms with van der Waals surface area (Å²) in [6.45, 7) is 0. The van der Waals surface area contributed by atoms with Gasteiger partial charge >= 0.3 is 5.97 Å². The van der Waals surface area contributed by atoms with Gasteiger partial charge in [0.1, 0.15) is 17.1 Å². The molecule has 1 heterocycles. The van der Waals surface area contributed by atoms with Crippen molar-refractivity contribution >= 4 is 5.97 Å². The van der Waals surface area contributed by atoms with E-state index in [0.717, 1.165) is 25.7 Å². The Bertz CT molecular complexity index is 660. The summed E-state index contributed by atoms with van der Waals surface area (Å²) in [6, 6.07) is 6.37. The SMILES string of the molecule is O=C(O)c1cn(C2CCCCC2)nc1-c1ccccc1F. The predicted octanol–water partition coefficient (Wildman–Crippen LogP) is 3.89. The molecule has 110 valence electrons. The van der Waals surface area contributed by atoms with Crippen LogP contribution in [0.5, 0.6) is 0 Å². The van der Waals surface area contributed by atoms with Gasteiger partial charge in [-0.2, -0.15) is 5.10 Å². The number of hydrogen-bond donors (Lipinski definition) is 1. The lowest BCUT2D eigenvalue weighted by Gasteiger charge is -2.21. The molecule has 0 radical (unpaired) electrons. The second-order valence-corrected chi connectivity index (χ2v) is 5.45. The minimum Gasteiger partial charge on any atom is -0.478 e. The van der Waals surface area contributed by atoms with Crippen molar-refractivity contribution in [1.82, 2.24) is 9.78 Å². The van der Waals surface area contributed by atoms with Gasteiger partial charge in [0.05, 0.1) is 6.04 Å². The zero-order valence-electron chi connectivity index (χ0n) is 11.6. The molecule has 1 aromatic carbocycles. The van der Waals surface area contributed by atoms with Crippen molar-refractivity contribution in [3.05, 3.63) is 41.8 Å². The van der Waals surface area contributed by atoms with E-state index in [2.05, 4.69) is 5.10 Å². The number of nitrogens with zero attached hydrogens (tertiary/aromatic N) is 2. The van der Waals surface area contributed by atoms with Crippen LogP contribution in [0.3, 0.4) is 0 Å². The highest BCUT2D eigenvalue weighted by atomic mass is 19.1.